The smallest absolute Gasteiger partial charge is 0.123 e. The monoisotopic (exact) mass is 277 g/mol. The van der Waals surface area contributed by atoms with Crippen LogP contribution in [0.25, 0.3) is 0 Å². The van der Waals surface area contributed by atoms with Crippen molar-refractivity contribution in [2.45, 2.75) is 38.5 Å². The topological polar surface area (TPSA) is 39.7 Å². The van der Waals surface area contributed by atoms with Crippen LogP contribution in [0.5, 0.6) is 5.75 Å². The Bertz CT molecular complexity index is 467. The van der Waals surface area contributed by atoms with Gasteiger partial charge in [-0.1, -0.05) is 12.1 Å². The van der Waals surface area contributed by atoms with E-state index in [0.29, 0.717) is 13.2 Å². The van der Waals surface area contributed by atoms with Crippen LogP contribution >= 0.6 is 0 Å². The molecule has 1 N–H and O–H groups in total. The fourth-order valence-electron chi connectivity index (χ4n) is 2.80. The molecule has 20 heavy (non-hydrogen) atoms. The van der Waals surface area contributed by atoms with Crippen LogP contribution < -0.4 is 10.1 Å². The van der Waals surface area contributed by atoms with Gasteiger partial charge in [-0.25, -0.2) is 0 Å². The summed E-state index contributed by atoms with van der Waals surface area (Å²) in [5, 5.41) is 3.44. The Balaban J connectivity index is 1.51. The number of rotatable bonds is 4. The van der Waals surface area contributed by atoms with Gasteiger partial charge in [-0.05, 0) is 31.0 Å². The van der Waals surface area contributed by atoms with E-state index in [1.165, 1.54) is 11.1 Å². The van der Waals surface area contributed by atoms with Gasteiger partial charge in [0.25, 0.3) is 0 Å². The highest BCUT2D eigenvalue weighted by Gasteiger charge is 2.29. The van der Waals surface area contributed by atoms with E-state index >= 15 is 0 Å². The molecule has 3 rings (SSSR count). The van der Waals surface area contributed by atoms with E-state index in [0.717, 1.165) is 31.9 Å². The molecule has 1 aromatic carbocycles. The summed E-state index contributed by atoms with van der Waals surface area (Å²) in [4.78, 5) is 0. The summed E-state index contributed by atoms with van der Waals surface area (Å²) < 4.78 is 16.9. The normalized spacial score (nSPS) is 24.2. The highest BCUT2D eigenvalue weighted by Crippen LogP contribution is 2.35. The van der Waals surface area contributed by atoms with Crippen LogP contribution in [0, 0.1) is 0 Å². The van der Waals surface area contributed by atoms with Crippen LogP contribution in [0.15, 0.2) is 18.2 Å². The standard InChI is InChI=1S/C16H23NO3/c1-16(2)8-13-7-12(3-4-15(13)20-16)9-17-10-14-11-18-5-6-19-14/h3-4,7,14,17H,5-6,8-11H2,1-2H3. The van der Waals surface area contributed by atoms with Crippen molar-refractivity contribution in [3.8, 4) is 5.75 Å². The second-order valence-corrected chi connectivity index (χ2v) is 6.18. The van der Waals surface area contributed by atoms with E-state index in [1.54, 1.807) is 0 Å². The molecule has 110 valence electrons. The fraction of sp³-hybridized carbons (Fsp3) is 0.625. The van der Waals surface area contributed by atoms with Crippen molar-refractivity contribution in [2.75, 3.05) is 26.4 Å². The first-order valence-corrected chi connectivity index (χ1v) is 7.33. The van der Waals surface area contributed by atoms with Crippen LogP contribution in [0.1, 0.15) is 25.0 Å². The lowest BCUT2D eigenvalue weighted by Crippen LogP contribution is -2.37. The van der Waals surface area contributed by atoms with Crippen molar-refractivity contribution in [3.05, 3.63) is 29.3 Å². The first-order chi connectivity index (χ1) is 9.62. The molecule has 0 spiro atoms. The molecule has 2 aliphatic heterocycles. The molecule has 2 heterocycles. The average Bonchev–Trinajstić information content (AvgIpc) is 2.73. The largest absolute Gasteiger partial charge is 0.487 e. The van der Waals surface area contributed by atoms with E-state index in [-0.39, 0.29) is 11.7 Å². The Morgan fingerprint density at radius 1 is 1.30 bits per heavy atom. The molecule has 1 atom stereocenters. The van der Waals surface area contributed by atoms with Crippen molar-refractivity contribution in [2.24, 2.45) is 0 Å². The Morgan fingerprint density at radius 3 is 3.00 bits per heavy atom. The van der Waals surface area contributed by atoms with Gasteiger partial charge in [-0.15, -0.1) is 0 Å². The van der Waals surface area contributed by atoms with E-state index in [1.807, 2.05) is 0 Å². The van der Waals surface area contributed by atoms with Crippen molar-refractivity contribution >= 4 is 0 Å². The lowest BCUT2D eigenvalue weighted by Gasteiger charge is -2.23. The summed E-state index contributed by atoms with van der Waals surface area (Å²) in [6.07, 6.45) is 1.16. The number of hydrogen-bond donors (Lipinski definition) is 1. The minimum atomic E-state index is -0.0678. The molecular formula is C16H23NO3. The Kier molecular flexibility index (Phi) is 3.96. The summed E-state index contributed by atoms with van der Waals surface area (Å²) in [6, 6.07) is 6.46. The maximum absolute atomic E-state index is 5.89. The lowest BCUT2D eigenvalue weighted by atomic mass is 10.0. The van der Waals surface area contributed by atoms with Crippen LogP contribution in [0.3, 0.4) is 0 Å². The predicted molar refractivity (Wildman–Crippen MR) is 77.1 cm³/mol. The number of fused-ring (bicyclic) bond motifs is 1. The second-order valence-electron chi connectivity index (χ2n) is 6.18. The van der Waals surface area contributed by atoms with Gasteiger partial charge in [0.05, 0.1) is 25.9 Å². The Labute approximate surface area is 120 Å². The zero-order valence-corrected chi connectivity index (χ0v) is 12.3. The highest BCUT2D eigenvalue weighted by molar-refractivity contribution is 5.41. The van der Waals surface area contributed by atoms with Crippen molar-refractivity contribution < 1.29 is 14.2 Å². The second kappa shape index (κ2) is 5.72. The molecule has 1 fully saturated rings. The van der Waals surface area contributed by atoms with Crippen LogP contribution in [0.4, 0.5) is 0 Å². The molecule has 0 saturated carbocycles. The fourth-order valence-corrected chi connectivity index (χ4v) is 2.80. The summed E-state index contributed by atoms with van der Waals surface area (Å²) in [5.74, 6) is 1.03. The molecule has 0 bridgehead atoms. The van der Waals surface area contributed by atoms with Gasteiger partial charge in [0.15, 0.2) is 0 Å². The van der Waals surface area contributed by atoms with Gasteiger partial charge in [-0.3, -0.25) is 0 Å². The number of ether oxygens (including phenoxy) is 3. The molecule has 0 radical (unpaired) electrons. The molecule has 4 nitrogen and oxygen atoms in total. The minimum absolute atomic E-state index is 0.0678. The first kappa shape index (κ1) is 13.9. The zero-order chi connectivity index (χ0) is 14.0. The third-order valence-electron chi connectivity index (χ3n) is 3.71. The first-order valence-electron chi connectivity index (χ1n) is 7.33. The quantitative estimate of drug-likeness (QED) is 0.912. The molecule has 0 aromatic heterocycles. The van der Waals surface area contributed by atoms with Gasteiger partial charge in [0.1, 0.15) is 11.4 Å². The summed E-state index contributed by atoms with van der Waals surface area (Å²) >= 11 is 0. The zero-order valence-electron chi connectivity index (χ0n) is 12.3. The van der Waals surface area contributed by atoms with Gasteiger partial charge in [0, 0.05) is 19.5 Å². The average molecular weight is 277 g/mol. The maximum atomic E-state index is 5.89. The van der Waals surface area contributed by atoms with Crippen LogP contribution in [-0.2, 0) is 22.4 Å². The Hall–Kier alpha value is -1.10. The van der Waals surface area contributed by atoms with Crippen LogP contribution in [-0.4, -0.2) is 38.1 Å². The summed E-state index contributed by atoms with van der Waals surface area (Å²) in [5.41, 5.74) is 2.54. The Morgan fingerprint density at radius 2 is 2.20 bits per heavy atom. The van der Waals surface area contributed by atoms with Crippen molar-refractivity contribution in [1.82, 2.24) is 5.32 Å². The van der Waals surface area contributed by atoms with E-state index in [2.05, 4.69) is 37.4 Å². The van der Waals surface area contributed by atoms with E-state index < -0.39 is 0 Å². The predicted octanol–water partition coefficient (Wildman–Crippen LogP) is 1.91. The number of nitrogens with one attached hydrogen (secondary N) is 1. The highest BCUT2D eigenvalue weighted by atomic mass is 16.6. The SMILES string of the molecule is CC1(C)Cc2cc(CNCC3COCCO3)ccc2O1. The maximum Gasteiger partial charge on any atom is 0.123 e. The third-order valence-corrected chi connectivity index (χ3v) is 3.71. The molecule has 1 saturated heterocycles. The summed E-state index contributed by atoms with van der Waals surface area (Å²) in [6.45, 7) is 8.07. The van der Waals surface area contributed by atoms with Crippen molar-refractivity contribution in [1.29, 1.82) is 0 Å². The molecule has 4 heteroatoms. The van der Waals surface area contributed by atoms with Crippen LogP contribution in [0.2, 0.25) is 0 Å². The van der Waals surface area contributed by atoms with E-state index in [9.17, 15) is 0 Å². The molecular weight excluding hydrogens is 254 g/mol. The molecule has 0 aliphatic carbocycles. The number of hydrogen-bond acceptors (Lipinski definition) is 4. The minimum Gasteiger partial charge on any atom is -0.487 e. The molecule has 1 unspecified atom stereocenters. The molecule has 2 aliphatic rings. The van der Waals surface area contributed by atoms with Gasteiger partial charge in [-0.2, -0.15) is 0 Å². The molecule has 0 amide bonds. The third kappa shape index (κ3) is 3.32. The number of benzene rings is 1. The van der Waals surface area contributed by atoms with Gasteiger partial charge >= 0.3 is 0 Å². The molecule has 1 aromatic rings. The van der Waals surface area contributed by atoms with Crippen molar-refractivity contribution in [3.63, 3.8) is 0 Å². The summed E-state index contributed by atoms with van der Waals surface area (Å²) in [7, 11) is 0. The van der Waals surface area contributed by atoms with Gasteiger partial charge in [0.2, 0.25) is 0 Å². The van der Waals surface area contributed by atoms with Gasteiger partial charge < -0.3 is 19.5 Å². The van der Waals surface area contributed by atoms with E-state index in [4.69, 9.17) is 14.2 Å². The lowest BCUT2D eigenvalue weighted by molar-refractivity contribution is -0.0864.